The van der Waals surface area contributed by atoms with Crippen LogP contribution in [0.15, 0.2) is 12.1 Å². The molecule has 0 aliphatic heterocycles. The lowest BCUT2D eigenvalue weighted by molar-refractivity contribution is 0.546. The summed E-state index contributed by atoms with van der Waals surface area (Å²) in [7, 11) is 0. The molecule has 0 saturated carbocycles. The molecule has 0 aliphatic carbocycles. The van der Waals surface area contributed by atoms with E-state index >= 15 is 0 Å². The highest BCUT2D eigenvalue weighted by Gasteiger charge is 2.15. The first kappa shape index (κ1) is 11.1. The van der Waals surface area contributed by atoms with Gasteiger partial charge in [0.2, 0.25) is 0 Å². The van der Waals surface area contributed by atoms with E-state index in [0.717, 1.165) is 22.2 Å². The van der Waals surface area contributed by atoms with Gasteiger partial charge in [0.25, 0.3) is 0 Å². The van der Waals surface area contributed by atoms with Gasteiger partial charge < -0.3 is 0 Å². The first-order valence-electron chi connectivity index (χ1n) is 5.72. The molecule has 0 radical (unpaired) electrons. The molecule has 1 heterocycles. The van der Waals surface area contributed by atoms with Crippen LogP contribution in [-0.2, 0) is 6.42 Å². The largest absolute Gasteiger partial charge is 0.262 e. The zero-order valence-electron chi connectivity index (χ0n) is 10.2. The maximum atomic E-state index is 13.7. The van der Waals surface area contributed by atoms with Crippen LogP contribution in [0.3, 0.4) is 0 Å². The van der Waals surface area contributed by atoms with E-state index in [9.17, 15) is 4.39 Å². The number of benzene rings is 1. The molecule has 0 atom stereocenters. The molecule has 2 rings (SSSR count). The van der Waals surface area contributed by atoms with Crippen molar-refractivity contribution >= 4 is 10.9 Å². The van der Waals surface area contributed by atoms with Crippen molar-refractivity contribution < 1.29 is 4.39 Å². The monoisotopic (exact) mass is 220 g/mol. The Morgan fingerprint density at radius 3 is 2.62 bits per heavy atom. The highest BCUT2D eigenvalue weighted by Crippen LogP contribution is 2.27. The van der Waals surface area contributed by atoms with E-state index in [4.69, 9.17) is 0 Å². The van der Waals surface area contributed by atoms with Crippen LogP contribution in [0.5, 0.6) is 0 Å². The van der Waals surface area contributed by atoms with E-state index in [1.165, 1.54) is 0 Å². The molecule has 0 unspecified atom stereocenters. The zero-order valence-corrected chi connectivity index (χ0v) is 10.2. The van der Waals surface area contributed by atoms with E-state index in [0.29, 0.717) is 12.5 Å². The second-order valence-corrected chi connectivity index (χ2v) is 4.40. The number of aryl methyl sites for hydroxylation is 2. The lowest BCUT2D eigenvalue weighted by Gasteiger charge is -2.08. The van der Waals surface area contributed by atoms with Gasteiger partial charge in [-0.3, -0.25) is 4.68 Å². The second-order valence-electron chi connectivity index (χ2n) is 4.40. The lowest BCUT2D eigenvalue weighted by Crippen LogP contribution is -2.02. The summed E-state index contributed by atoms with van der Waals surface area (Å²) in [5.41, 5.74) is 2.73. The molecule has 0 bridgehead atoms. The fourth-order valence-corrected chi connectivity index (χ4v) is 2.21. The van der Waals surface area contributed by atoms with Gasteiger partial charge in [-0.25, -0.2) is 4.39 Å². The highest BCUT2D eigenvalue weighted by molar-refractivity contribution is 5.85. The van der Waals surface area contributed by atoms with Gasteiger partial charge in [0.1, 0.15) is 5.82 Å². The van der Waals surface area contributed by atoms with E-state index in [2.05, 4.69) is 18.9 Å². The predicted molar refractivity (Wildman–Crippen MR) is 64.2 cm³/mol. The summed E-state index contributed by atoms with van der Waals surface area (Å²) >= 11 is 0. The molecule has 0 fully saturated rings. The van der Waals surface area contributed by atoms with Crippen LogP contribution in [0, 0.1) is 12.7 Å². The summed E-state index contributed by atoms with van der Waals surface area (Å²) in [5, 5.41) is 5.47. The zero-order chi connectivity index (χ0) is 11.9. The van der Waals surface area contributed by atoms with Crippen LogP contribution in [-0.4, -0.2) is 9.78 Å². The van der Waals surface area contributed by atoms with Crippen molar-refractivity contribution in [2.75, 3.05) is 0 Å². The molecule has 1 aromatic carbocycles. The maximum Gasteiger partial charge on any atom is 0.127 e. The Hall–Kier alpha value is -1.38. The highest BCUT2D eigenvalue weighted by atomic mass is 19.1. The number of halogens is 1. The number of aromatic nitrogens is 2. The van der Waals surface area contributed by atoms with Crippen molar-refractivity contribution in [1.82, 2.24) is 9.78 Å². The van der Waals surface area contributed by atoms with Gasteiger partial charge in [-0.15, -0.1) is 0 Å². The normalized spacial score (nSPS) is 11.6. The van der Waals surface area contributed by atoms with Gasteiger partial charge in [0, 0.05) is 11.4 Å². The Kier molecular flexibility index (Phi) is 2.70. The minimum Gasteiger partial charge on any atom is -0.262 e. The second kappa shape index (κ2) is 3.89. The topological polar surface area (TPSA) is 17.8 Å². The van der Waals surface area contributed by atoms with Crippen LogP contribution in [0.2, 0.25) is 0 Å². The SMILES string of the molecule is CCc1c(F)ccc2c1c(C)nn2C(C)C. The Bertz CT molecular complexity index is 526. The predicted octanol–water partition coefficient (Wildman–Crippen LogP) is 3.63. The average molecular weight is 220 g/mol. The Morgan fingerprint density at radius 1 is 1.38 bits per heavy atom. The summed E-state index contributed by atoms with van der Waals surface area (Å²) < 4.78 is 15.6. The van der Waals surface area contributed by atoms with Crippen LogP contribution in [0.4, 0.5) is 4.39 Å². The molecule has 2 aromatic rings. The molecule has 0 N–H and O–H groups in total. The average Bonchev–Trinajstić information content (AvgIpc) is 2.57. The third-order valence-corrected chi connectivity index (χ3v) is 2.94. The molecule has 16 heavy (non-hydrogen) atoms. The van der Waals surface area contributed by atoms with Crippen molar-refractivity contribution in [1.29, 1.82) is 0 Å². The third kappa shape index (κ3) is 1.51. The van der Waals surface area contributed by atoms with Crippen molar-refractivity contribution in [3.63, 3.8) is 0 Å². The third-order valence-electron chi connectivity index (χ3n) is 2.94. The Morgan fingerprint density at radius 2 is 2.06 bits per heavy atom. The van der Waals surface area contributed by atoms with E-state index in [-0.39, 0.29) is 5.82 Å². The van der Waals surface area contributed by atoms with Gasteiger partial charge in [-0.05, 0) is 44.9 Å². The molecular formula is C13H17FN2. The molecular weight excluding hydrogens is 203 g/mol. The molecule has 0 aliphatic rings. The van der Waals surface area contributed by atoms with Crippen LogP contribution >= 0.6 is 0 Å². The molecule has 3 heteroatoms. The number of hydrogen-bond donors (Lipinski definition) is 0. The van der Waals surface area contributed by atoms with Crippen LogP contribution in [0.1, 0.15) is 38.1 Å². The summed E-state index contributed by atoms with van der Waals surface area (Å²) in [6.45, 7) is 8.09. The summed E-state index contributed by atoms with van der Waals surface area (Å²) in [4.78, 5) is 0. The number of rotatable bonds is 2. The minimum atomic E-state index is -0.124. The molecule has 0 spiro atoms. The quantitative estimate of drug-likeness (QED) is 0.755. The number of fused-ring (bicyclic) bond motifs is 1. The molecule has 0 amide bonds. The van der Waals surface area contributed by atoms with E-state index in [1.807, 2.05) is 24.6 Å². The van der Waals surface area contributed by atoms with Gasteiger partial charge in [-0.1, -0.05) is 6.92 Å². The first-order chi connectivity index (χ1) is 7.56. The Labute approximate surface area is 95.1 Å². The van der Waals surface area contributed by atoms with Gasteiger partial charge in [-0.2, -0.15) is 5.10 Å². The fourth-order valence-electron chi connectivity index (χ4n) is 2.21. The van der Waals surface area contributed by atoms with Crippen molar-refractivity contribution in [3.05, 3.63) is 29.2 Å². The van der Waals surface area contributed by atoms with Gasteiger partial charge >= 0.3 is 0 Å². The van der Waals surface area contributed by atoms with Crippen molar-refractivity contribution in [2.24, 2.45) is 0 Å². The van der Waals surface area contributed by atoms with E-state index < -0.39 is 0 Å². The Balaban J connectivity index is 2.84. The van der Waals surface area contributed by atoms with Gasteiger partial charge in [0.05, 0.1) is 11.2 Å². The van der Waals surface area contributed by atoms with Crippen LogP contribution < -0.4 is 0 Å². The minimum absolute atomic E-state index is 0.124. The lowest BCUT2D eigenvalue weighted by atomic mass is 10.1. The fraction of sp³-hybridized carbons (Fsp3) is 0.462. The summed E-state index contributed by atoms with van der Waals surface area (Å²) in [5.74, 6) is -0.124. The molecule has 86 valence electrons. The first-order valence-corrected chi connectivity index (χ1v) is 5.72. The number of nitrogens with zero attached hydrogens (tertiary/aromatic N) is 2. The molecule has 0 saturated heterocycles. The van der Waals surface area contributed by atoms with E-state index in [1.54, 1.807) is 6.07 Å². The van der Waals surface area contributed by atoms with Crippen molar-refractivity contribution in [3.8, 4) is 0 Å². The molecule has 2 nitrogen and oxygen atoms in total. The molecule has 1 aromatic heterocycles. The van der Waals surface area contributed by atoms with Crippen LogP contribution in [0.25, 0.3) is 10.9 Å². The van der Waals surface area contributed by atoms with Gasteiger partial charge in [0.15, 0.2) is 0 Å². The standard InChI is InChI=1S/C13H17FN2/c1-5-10-11(14)6-7-12-13(10)9(4)15-16(12)8(2)3/h6-8H,5H2,1-4H3. The summed E-state index contributed by atoms with van der Waals surface area (Å²) in [6.07, 6.45) is 0.702. The summed E-state index contributed by atoms with van der Waals surface area (Å²) in [6, 6.07) is 3.66. The maximum absolute atomic E-state index is 13.7. The number of hydrogen-bond acceptors (Lipinski definition) is 1. The smallest absolute Gasteiger partial charge is 0.127 e. The van der Waals surface area contributed by atoms with Crippen molar-refractivity contribution in [2.45, 2.75) is 40.2 Å².